The van der Waals surface area contributed by atoms with Gasteiger partial charge in [0.2, 0.25) is 0 Å². The van der Waals surface area contributed by atoms with Crippen LogP contribution in [-0.4, -0.2) is 40.7 Å². The number of ether oxygens (including phenoxy) is 1. The number of hydrogen-bond acceptors (Lipinski definition) is 4. The highest BCUT2D eigenvalue weighted by atomic mass is 16.6. The van der Waals surface area contributed by atoms with Crippen molar-refractivity contribution in [2.24, 2.45) is 0 Å². The summed E-state index contributed by atoms with van der Waals surface area (Å²) in [7, 11) is 2.05. The van der Waals surface area contributed by atoms with E-state index < -0.39 is 12.1 Å². The summed E-state index contributed by atoms with van der Waals surface area (Å²) in [6.07, 6.45) is 0.409. The Kier molecular flexibility index (Phi) is 4.69. The Bertz CT molecular complexity index is 486. The number of likely N-dealkylation sites (tertiary alicyclic amines) is 1. The Morgan fingerprint density at radius 2 is 2.00 bits per heavy atom. The Morgan fingerprint density at radius 1 is 1.38 bits per heavy atom. The van der Waals surface area contributed by atoms with Crippen LogP contribution in [0.1, 0.15) is 45.3 Å². The van der Waals surface area contributed by atoms with Crippen molar-refractivity contribution in [2.45, 2.75) is 57.4 Å². The van der Waals surface area contributed by atoms with Crippen LogP contribution < -0.4 is 0 Å². The molecular weight excluding hydrogens is 266 g/mol. The summed E-state index contributed by atoms with van der Waals surface area (Å²) in [5.74, 6) is -0.564. The van der Waals surface area contributed by atoms with E-state index in [9.17, 15) is 9.90 Å². The first-order valence-corrected chi connectivity index (χ1v) is 7.49. The fraction of sp³-hybridized carbons (Fsp3) is 0.588. The highest BCUT2D eigenvalue weighted by Gasteiger charge is 2.39. The summed E-state index contributed by atoms with van der Waals surface area (Å²) >= 11 is 0. The van der Waals surface area contributed by atoms with E-state index in [1.807, 2.05) is 6.07 Å². The molecule has 0 spiro atoms. The number of likely N-dealkylation sites (N-methyl/N-ethyl adjacent to an activating group) is 1. The molecule has 1 aromatic carbocycles. The Balaban J connectivity index is 2.00. The molecule has 1 aliphatic heterocycles. The SMILES string of the molecule is CC1C(OC(=O)C(O)c2ccccc2)CCC(C)(C)N1C. The molecule has 0 amide bonds. The van der Waals surface area contributed by atoms with Crippen molar-refractivity contribution >= 4 is 5.97 Å². The standard InChI is InChI=1S/C17H25NO3/c1-12-14(10-11-17(2,3)18(12)4)21-16(20)15(19)13-8-6-5-7-9-13/h5-9,12,14-15,19H,10-11H2,1-4H3. The zero-order valence-corrected chi connectivity index (χ0v) is 13.2. The second-order valence-corrected chi connectivity index (χ2v) is 6.49. The van der Waals surface area contributed by atoms with Gasteiger partial charge in [0.25, 0.3) is 0 Å². The topological polar surface area (TPSA) is 49.8 Å². The lowest BCUT2D eigenvalue weighted by Crippen LogP contribution is -2.56. The summed E-state index contributed by atoms with van der Waals surface area (Å²) in [6, 6.07) is 9.04. The molecule has 4 heteroatoms. The summed E-state index contributed by atoms with van der Waals surface area (Å²) < 4.78 is 5.55. The summed E-state index contributed by atoms with van der Waals surface area (Å²) in [5, 5.41) is 10.1. The second-order valence-electron chi connectivity index (χ2n) is 6.49. The monoisotopic (exact) mass is 291 g/mol. The summed E-state index contributed by atoms with van der Waals surface area (Å²) in [6.45, 7) is 6.45. The van der Waals surface area contributed by atoms with Gasteiger partial charge in [0.1, 0.15) is 6.10 Å². The summed E-state index contributed by atoms with van der Waals surface area (Å²) in [4.78, 5) is 14.4. The number of aliphatic hydroxyl groups is 1. The number of piperidine rings is 1. The molecular formula is C17H25NO3. The molecule has 1 aliphatic rings. The molecule has 1 heterocycles. The largest absolute Gasteiger partial charge is 0.459 e. The number of rotatable bonds is 3. The molecule has 0 radical (unpaired) electrons. The van der Waals surface area contributed by atoms with Gasteiger partial charge in [0.15, 0.2) is 6.10 Å². The number of carbonyl (C=O) groups excluding carboxylic acids is 1. The van der Waals surface area contributed by atoms with Crippen molar-refractivity contribution in [1.29, 1.82) is 0 Å². The lowest BCUT2D eigenvalue weighted by Gasteiger charge is -2.47. The molecule has 2 rings (SSSR count). The lowest BCUT2D eigenvalue weighted by molar-refractivity contribution is -0.168. The molecule has 0 aromatic heterocycles. The van der Waals surface area contributed by atoms with Crippen LogP contribution in [0, 0.1) is 0 Å². The fourth-order valence-electron chi connectivity index (χ4n) is 2.86. The van der Waals surface area contributed by atoms with Crippen molar-refractivity contribution < 1.29 is 14.6 Å². The van der Waals surface area contributed by atoms with Gasteiger partial charge in [-0.2, -0.15) is 0 Å². The van der Waals surface area contributed by atoms with Gasteiger partial charge >= 0.3 is 5.97 Å². The molecule has 21 heavy (non-hydrogen) atoms. The van der Waals surface area contributed by atoms with Crippen LogP contribution in [0.2, 0.25) is 0 Å². The number of hydrogen-bond donors (Lipinski definition) is 1. The lowest BCUT2D eigenvalue weighted by atomic mass is 9.85. The summed E-state index contributed by atoms with van der Waals surface area (Å²) in [5.41, 5.74) is 0.681. The molecule has 3 unspecified atom stereocenters. The second kappa shape index (κ2) is 6.16. The van der Waals surface area contributed by atoms with Crippen molar-refractivity contribution in [1.82, 2.24) is 4.90 Å². The van der Waals surface area contributed by atoms with Gasteiger partial charge in [-0.05, 0) is 46.2 Å². The van der Waals surface area contributed by atoms with Crippen LogP contribution in [0.25, 0.3) is 0 Å². The normalized spacial score (nSPS) is 27.1. The van der Waals surface area contributed by atoms with Gasteiger partial charge in [0, 0.05) is 11.6 Å². The Labute approximate surface area is 126 Å². The molecule has 1 N–H and O–H groups in total. The van der Waals surface area contributed by atoms with E-state index in [0.717, 1.165) is 12.8 Å². The van der Waals surface area contributed by atoms with Gasteiger partial charge in [0.05, 0.1) is 0 Å². The maximum absolute atomic E-state index is 12.1. The number of carbonyl (C=O) groups is 1. The van der Waals surface area contributed by atoms with Crippen LogP contribution in [-0.2, 0) is 9.53 Å². The quantitative estimate of drug-likeness (QED) is 0.869. The first kappa shape index (κ1) is 16.0. The minimum atomic E-state index is -1.21. The average Bonchev–Trinajstić information content (AvgIpc) is 2.48. The number of aliphatic hydroxyl groups excluding tert-OH is 1. The smallest absolute Gasteiger partial charge is 0.339 e. The van der Waals surface area contributed by atoms with Crippen LogP contribution in [0.4, 0.5) is 0 Å². The molecule has 0 aliphatic carbocycles. The van der Waals surface area contributed by atoms with Gasteiger partial charge in [-0.3, -0.25) is 4.90 Å². The third kappa shape index (κ3) is 3.44. The van der Waals surface area contributed by atoms with Crippen LogP contribution >= 0.6 is 0 Å². The van der Waals surface area contributed by atoms with E-state index in [1.165, 1.54) is 0 Å². The first-order valence-electron chi connectivity index (χ1n) is 7.49. The fourth-order valence-corrected chi connectivity index (χ4v) is 2.86. The third-order valence-corrected chi connectivity index (χ3v) is 4.75. The maximum atomic E-state index is 12.1. The van der Waals surface area contributed by atoms with E-state index in [-0.39, 0.29) is 17.7 Å². The molecule has 1 saturated heterocycles. The molecule has 0 bridgehead atoms. The van der Waals surface area contributed by atoms with Crippen LogP contribution in [0.3, 0.4) is 0 Å². The van der Waals surface area contributed by atoms with E-state index in [1.54, 1.807) is 24.3 Å². The van der Waals surface area contributed by atoms with E-state index in [4.69, 9.17) is 4.74 Å². The number of benzene rings is 1. The minimum Gasteiger partial charge on any atom is -0.459 e. The number of esters is 1. The molecule has 3 atom stereocenters. The molecule has 1 aromatic rings. The average molecular weight is 291 g/mol. The third-order valence-electron chi connectivity index (χ3n) is 4.75. The zero-order chi connectivity index (χ0) is 15.6. The highest BCUT2D eigenvalue weighted by molar-refractivity contribution is 5.76. The van der Waals surface area contributed by atoms with Gasteiger partial charge in [-0.15, -0.1) is 0 Å². The van der Waals surface area contributed by atoms with Gasteiger partial charge in [-0.25, -0.2) is 4.79 Å². The van der Waals surface area contributed by atoms with Crippen LogP contribution in [0.5, 0.6) is 0 Å². The number of nitrogens with zero attached hydrogens (tertiary/aromatic N) is 1. The van der Waals surface area contributed by atoms with Crippen molar-refractivity contribution in [3.63, 3.8) is 0 Å². The predicted octanol–water partition coefficient (Wildman–Crippen LogP) is 2.52. The predicted molar refractivity (Wildman–Crippen MR) is 81.8 cm³/mol. The van der Waals surface area contributed by atoms with Crippen LogP contribution in [0.15, 0.2) is 30.3 Å². The molecule has 4 nitrogen and oxygen atoms in total. The van der Waals surface area contributed by atoms with E-state index in [0.29, 0.717) is 5.56 Å². The van der Waals surface area contributed by atoms with Crippen molar-refractivity contribution in [2.75, 3.05) is 7.05 Å². The molecule has 1 fully saturated rings. The van der Waals surface area contributed by atoms with Gasteiger partial charge < -0.3 is 9.84 Å². The first-order chi connectivity index (χ1) is 9.83. The molecule has 0 saturated carbocycles. The molecule has 116 valence electrons. The zero-order valence-electron chi connectivity index (χ0n) is 13.2. The highest BCUT2D eigenvalue weighted by Crippen LogP contribution is 2.32. The van der Waals surface area contributed by atoms with Gasteiger partial charge in [-0.1, -0.05) is 30.3 Å². The van der Waals surface area contributed by atoms with E-state index >= 15 is 0 Å². The Hall–Kier alpha value is -1.39. The van der Waals surface area contributed by atoms with E-state index in [2.05, 4.69) is 32.7 Å². The Morgan fingerprint density at radius 3 is 2.62 bits per heavy atom. The van der Waals surface area contributed by atoms with Crippen molar-refractivity contribution in [3.8, 4) is 0 Å². The minimum absolute atomic E-state index is 0.111. The van der Waals surface area contributed by atoms with Crippen molar-refractivity contribution in [3.05, 3.63) is 35.9 Å². The maximum Gasteiger partial charge on any atom is 0.339 e.